The second-order valence-electron chi connectivity index (χ2n) is 9.85. The van der Waals surface area contributed by atoms with Crippen LogP contribution in [0.4, 0.5) is 16.3 Å². The Morgan fingerprint density at radius 2 is 1.71 bits per heavy atom. The van der Waals surface area contributed by atoms with Gasteiger partial charge >= 0.3 is 0 Å². The largest absolute Gasteiger partial charge is 0.494 e. The highest BCUT2D eigenvalue weighted by Gasteiger charge is 2.38. The first kappa shape index (κ1) is 29.1. The number of anilines is 2. The molecule has 1 aliphatic heterocycles. The molecule has 1 aromatic carbocycles. The van der Waals surface area contributed by atoms with Crippen molar-refractivity contribution in [2.24, 2.45) is 0 Å². The van der Waals surface area contributed by atoms with Gasteiger partial charge in [0.15, 0.2) is 11.6 Å². The van der Waals surface area contributed by atoms with Crippen molar-refractivity contribution in [1.82, 2.24) is 29.7 Å². The van der Waals surface area contributed by atoms with Gasteiger partial charge in [0, 0.05) is 31.0 Å². The summed E-state index contributed by atoms with van der Waals surface area (Å²) in [6, 6.07) is 8.71. The molecule has 42 heavy (non-hydrogen) atoms. The van der Waals surface area contributed by atoms with Crippen molar-refractivity contribution in [2.45, 2.75) is 37.7 Å². The van der Waals surface area contributed by atoms with E-state index in [0.29, 0.717) is 35.1 Å². The van der Waals surface area contributed by atoms with Crippen molar-refractivity contribution in [2.75, 3.05) is 36.9 Å². The number of rotatable bonds is 10. The van der Waals surface area contributed by atoms with E-state index < -0.39 is 27.2 Å². The number of aromatic nitrogens is 6. The molecule has 0 amide bonds. The fraction of sp³-hybridized carbons (Fsp3) is 0.370. The van der Waals surface area contributed by atoms with Gasteiger partial charge in [0.05, 0.1) is 38.8 Å². The van der Waals surface area contributed by atoms with Crippen molar-refractivity contribution in [3.05, 3.63) is 60.9 Å². The summed E-state index contributed by atoms with van der Waals surface area (Å²) in [6.45, 7) is 4.13. The number of pyridine rings is 1. The van der Waals surface area contributed by atoms with Gasteiger partial charge in [-0.2, -0.15) is 0 Å². The predicted molar refractivity (Wildman–Crippen MR) is 153 cm³/mol. The van der Waals surface area contributed by atoms with Crippen molar-refractivity contribution in [3.63, 3.8) is 0 Å². The van der Waals surface area contributed by atoms with Gasteiger partial charge in [0.25, 0.3) is 0 Å². The smallest absolute Gasteiger partial charge is 0.243 e. The minimum Gasteiger partial charge on any atom is -0.494 e. The Morgan fingerprint density at radius 1 is 1.00 bits per heavy atom. The molecular formula is C27H31FN8O5S. The summed E-state index contributed by atoms with van der Waals surface area (Å²) >= 11 is 0. The van der Waals surface area contributed by atoms with Gasteiger partial charge in [-0.05, 0) is 44.5 Å². The predicted octanol–water partition coefficient (Wildman–Crippen LogP) is 3.09. The lowest BCUT2D eigenvalue weighted by molar-refractivity contribution is 0.00147. The van der Waals surface area contributed by atoms with Crippen LogP contribution in [0, 0.1) is 5.82 Å². The Balaban J connectivity index is 1.56. The molecule has 5 rings (SSSR count). The number of benzene rings is 1. The van der Waals surface area contributed by atoms with E-state index in [-0.39, 0.29) is 31.0 Å². The van der Waals surface area contributed by atoms with Crippen molar-refractivity contribution >= 4 is 21.9 Å². The van der Waals surface area contributed by atoms with Gasteiger partial charge in [-0.1, -0.05) is 6.07 Å². The standard InChI is InChI=1S/C27H31FN8O5S/c1-17(2)41-20-11-21(16-35(15-20)26-30-13-19(28)14-31-26)42(37,38)34-27-33-32-25(18-7-6-10-29-12-18)36(27)24-22(39-3)8-5-9-23(24)40-4/h5-10,12-14,17,20-21H,11,15-16H2,1-4H3,(H,33,34). The first-order valence-electron chi connectivity index (χ1n) is 13.2. The fourth-order valence-corrected chi connectivity index (χ4v) is 6.25. The molecule has 3 aromatic heterocycles. The second-order valence-corrected chi connectivity index (χ2v) is 11.8. The summed E-state index contributed by atoms with van der Waals surface area (Å²) in [5.74, 6) is 0.661. The van der Waals surface area contributed by atoms with Gasteiger partial charge < -0.3 is 19.1 Å². The molecule has 222 valence electrons. The molecule has 1 N–H and O–H groups in total. The SMILES string of the molecule is COc1cccc(OC)c1-n1c(NS(=O)(=O)C2CC(OC(C)C)CN(c3ncc(F)cn3)C2)nnc1-c1cccnc1. The molecule has 1 aliphatic rings. The molecule has 0 aliphatic carbocycles. The van der Waals surface area contributed by atoms with Crippen LogP contribution in [-0.4, -0.2) is 82.9 Å². The van der Waals surface area contributed by atoms with E-state index in [1.807, 2.05) is 13.8 Å². The highest BCUT2D eigenvalue weighted by molar-refractivity contribution is 7.93. The molecule has 4 heterocycles. The van der Waals surface area contributed by atoms with Gasteiger partial charge in [0.1, 0.15) is 22.4 Å². The van der Waals surface area contributed by atoms with Gasteiger partial charge in [-0.15, -0.1) is 10.2 Å². The molecule has 0 saturated carbocycles. The monoisotopic (exact) mass is 598 g/mol. The first-order valence-corrected chi connectivity index (χ1v) is 14.7. The van der Waals surface area contributed by atoms with Crippen LogP contribution in [0.1, 0.15) is 20.3 Å². The van der Waals surface area contributed by atoms with E-state index >= 15 is 0 Å². The van der Waals surface area contributed by atoms with Crippen molar-refractivity contribution in [3.8, 4) is 28.6 Å². The molecular weight excluding hydrogens is 567 g/mol. The third kappa shape index (κ3) is 6.11. The summed E-state index contributed by atoms with van der Waals surface area (Å²) in [6.07, 6.45) is 4.89. The molecule has 2 atom stereocenters. The molecule has 4 aromatic rings. The van der Waals surface area contributed by atoms with E-state index in [2.05, 4.69) is 29.9 Å². The lowest BCUT2D eigenvalue weighted by Crippen LogP contribution is -2.51. The number of hydrogen-bond donors (Lipinski definition) is 1. The summed E-state index contributed by atoms with van der Waals surface area (Å²) in [5, 5.41) is 7.58. The summed E-state index contributed by atoms with van der Waals surface area (Å²) in [5.41, 5.74) is 0.987. The Labute approximate surface area is 242 Å². The molecule has 0 bridgehead atoms. The van der Waals surface area contributed by atoms with Gasteiger partial charge in [-0.25, -0.2) is 22.8 Å². The quantitative estimate of drug-likeness (QED) is 0.287. The Bertz CT molecular complexity index is 1600. The number of hydrogen-bond acceptors (Lipinski definition) is 11. The summed E-state index contributed by atoms with van der Waals surface area (Å²) in [7, 11) is -1.12. The van der Waals surface area contributed by atoms with Crippen LogP contribution in [0.15, 0.2) is 55.1 Å². The molecule has 2 unspecified atom stereocenters. The summed E-state index contributed by atoms with van der Waals surface area (Å²) in [4.78, 5) is 14.0. The Kier molecular flexibility index (Phi) is 8.49. The number of ether oxygens (including phenoxy) is 3. The lowest BCUT2D eigenvalue weighted by atomic mass is 10.1. The van der Waals surface area contributed by atoms with Crippen molar-refractivity contribution in [1.29, 1.82) is 0 Å². The van der Waals surface area contributed by atoms with E-state index in [1.165, 1.54) is 18.8 Å². The van der Waals surface area contributed by atoms with E-state index in [9.17, 15) is 12.8 Å². The molecule has 0 spiro atoms. The maximum atomic E-state index is 14.0. The first-order chi connectivity index (χ1) is 20.2. The highest BCUT2D eigenvalue weighted by atomic mass is 32.2. The third-order valence-corrected chi connectivity index (χ3v) is 8.29. The van der Waals surface area contributed by atoms with Crippen LogP contribution in [0.25, 0.3) is 17.1 Å². The van der Waals surface area contributed by atoms with Crippen LogP contribution in [0.5, 0.6) is 11.5 Å². The second kappa shape index (κ2) is 12.2. The highest BCUT2D eigenvalue weighted by Crippen LogP contribution is 2.38. The number of sulfonamides is 1. The van der Waals surface area contributed by atoms with Gasteiger partial charge in [-0.3, -0.25) is 14.3 Å². The van der Waals surface area contributed by atoms with E-state index in [1.54, 1.807) is 47.6 Å². The molecule has 13 nitrogen and oxygen atoms in total. The number of piperidine rings is 1. The van der Waals surface area contributed by atoms with Crippen LogP contribution >= 0.6 is 0 Å². The molecule has 0 radical (unpaired) electrons. The van der Waals surface area contributed by atoms with Gasteiger partial charge in [0.2, 0.25) is 21.9 Å². The summed E-state index contributed by atoms with van der Waals surface area (Å²) < 4.78 is 62.9. The minimum absolute atomic E-state index is 0.0422. The van der Waals surface area contributed by atoms with E-state index in [4.69, 9.17) is 14.2 Å². The number of nitrogens with zero attached hydrogens (tertiary/aromatic N) is 7. The number of para-hydroxylation sites is 1. The molecule has 1 saturated heterocycles. The average molecular weight is 599 g/mol. The maximum Gasteiger partial charge on any atom is 0.243 e. The minimum atomic E-state index is -4.11. The van der Waals surface area contributed by atoms with E-state index in [0.717, 1.165) is 12.4 Å². The number of methoxy groups -OCH3 is 2. The van der Waals surface area contributed by atoms with Crippen LogP contribution in [0.3, 0.4) is 0 Å². The van der Waals surface area contributed by atoms with Crippen LogP contribution in [-0.2, 0) is 14.8 Å². The Morgan fingerprint density at radius 3 is 2.33 bits per heavy atom. The zero-order chi connectivity index (χ0) is 29.9. The Hall–Kier alpha value is -4.37. The molecule has 15 heteroatoms. The lowest BCUT2D eigenvalue weighted by Gasteiger charge is -2.37. The average Bonchev–Trinajstić information content (AvgIpc) is 3.39. The van der Waals surface area contributed by atoms with Crippen LogP contribution in [0.2, 0.25) is 0 Å². The number of nitrogens with one attached hydrogen (secondary N) is 1. The maximum absolute atomic E-state index is 14.0. The normalized spacial score (nSPS) is 17.3. The number of halogens is 1. The zero-order valence-electron chi connectivity index (χ0n) is 23.5. The van der Waals surface area contributed by atoms with Crippen LogP contribution < -0.4 is 19.1 Å². The zero-order valence-corrected chi connectivity index (χ0v) is 24.3. The van der Waals surface area contributed by atoms with Crippen molar-refractivity contribution < 1.29 is 27.0 Å². The third-order valence-electron chi connectivity index (χ3n) is 6.61. The topological polar surface area (TPSA) is 146 Å². The molecule has 1 fully saturated rings. The fourth-order valence-electron chi connectivity index (χ4n) is 4.86.